The van der Waals surface area contributed by atoms with E-state index in [1.54, 1.807) is 36.3 Å². The van der Waals surface area contributed by atoms with Crippen LogP contribution in [-0.2, 0) is 9.53 Å². The van der Waals surface area contributed by atoms with E-state index in [1.807, 2.05) is 13.0 Å². The largest absolute Gasteiger partial charge is 0.385 e. The molecule has 0 aliphatic carbocycles. The molecule has 0 saturated carbocycles. The minimum absolute atomic E-state index is 0.0317. The second-order valence-corrected chi connectivity index (χ2v) is 7.11. The monoisotopic (exact) mass is 404 g/mol. The van der Waals surface area contributed by atoms with E-state index in [0.29, 0.717) is 57.6 Å². The highest BCUT2D eigenvalue weighted by Gasteiger charge is 2.33. The number of likely N-dealkylation sites (tertiary alicyclic amines) is 1. The first-order valence-electron chi connectivity index (χ1n) is 10.2. The van der Waals surface area contributed by atoms with Crippen LogP contribution in [0.15, 0.2) is 30.3 Å². The number of piperidine rings is 1. The lowest BCUT2D eigenvalue weighted by Crippen LogP contribution is -2.54. The number of nitrogens with zero attached hydrogens (tertiary/aromatic N) is 1. The van der Waals surface area contributed by atoms with Gasteiger partial charge in [0.1, 0.15) is 6.04 Å². The number of amides is 4. The van der Waals surface area contributed by atoms with Gasteiger partial charge < -0.3 is 25.6 Å². The number of benzene rings is 1. The molecule has 0 radical (unpaired) electrons. The smallest absolute Gasteiger partial charge is 0.317 e. The summed E-state index contributed by atoms with van der Waals surface area (Å²) in [7, 11) is 1.62. The van der Waals surface area contributed by atoms with Crippen molar-refractivity contribution >= 4 is 17.8 Å². The fourth-order valence-electron chi connectivity index (χ4n) is 3.45. The number of hydrogen-bond acceptors (Lipinski definition) is 4. The molecule has 1 unspecified atom stereocenters. The predicted molar refractivity (Wildman–Crippen MR) is 111 cm³/mol. The average molecular weight is 405 g/mol. The average Bonchev–Trinajstić information content (AvgIpc) is 2.75. The molecule has 1 saturated heterocycles. The zero-order chi connectivity index (χ0) is 21.1. The number of hydrogen-bond donors (Lipinski definition) is 3. The lowest BCUT2D eigenvalue weighted by atomic mass is 9.88. The molecule has 29 heavy (non-hydrogen) atoms. The van der Waals surface area contributed by atoms with Crippen molar-refractivity contribution in [2.75, 3.05) is 39.9 Å². The minimum atomic E-state index is -0.637. The van der Waals surface area contributed by atoms with Crippen molar-refractivity contribution in [2.45, 2.75) is 32.2 Å². The van der Waals surface area contributed by atoms with Crippen molar-refractivity contribution in [3.63, 3.8) is 0 Å². The van der Waals surface area contributed by atoms with Gasteiger partial charge in [0.05, 0.1) is 0 Å². The first-order chi connectivity index (χ1) is 14.1. The molecule has 2 rings (SSSR count). The summed E-state index contributed by atoms with van der Waals surface area (Å²) in [6.45, 7) is 4.64. The normalized spacial score (nSPS) is 15.4. The van der Waals surface area contributed by atoms with Crippen molar-refractivity contribution in [1.29, 1.82) is 0 Å². The second kappa shape index (κ2) is 12.1. The van der Waals surface area contributed by atoms with Gasteiger partial charge in [0.2, 0.25) is 5.91 Å². The maximum atomic E-state index is 12.8. The van der Waals surface area contributed by atoms with Crippen LogP contribution in [0.3, 0.4) is 0 Å². The molecule has 1 aliphatic heterocycles. The Morgan fingerprint density at radius 1 is 1.14 bits per heavy atom. The van der Waals surface area contributed by atoms with Gasteiger partial charge in [0, 0.05) is 45.5 Å². The quantitative estimate of drug-likeness (QED) is 0.542. The van der Waals surface area contributed by atoms with Crippen LogP contribution in [0.1, 0.15) is 36.5 Å². The zero-order valence-electron chi connectivity index (χ0n) is 17.3. The van der Waals surface area contributed by atoms with E-state index in [-0.39, 0.29) is 23.8 Å². The molecule has 0 spiro atoms. The molecule has 3 N–H and O–H groups in total. The third-order valence-electron chi connectivity index (χ3n) is 5.06. The highest BCUT2D eigenvalue weighted by Crippen LogP contribution is 2.21. The van der Waals surface area contributed by atoms with Crippen molar-refractivity contribution in [1.82, 2.24) is 20.9 Å². The Balaban J connectivity index is 2.01. The number of methoxy groups -OCH3 is 1. The summed E-state index contributed by atoms with van der Waals surface area (Å²) in [5, 5.41) is 8.61. The third kappa shape index (κ3) is 7.05. The Bertz CT molecular complexity index is 660. The summed E-state index contributed by atoms with van der Waals surface area (Å²) in [4.78, 5) is 39.3. The van der Waals surface area contributed by atoms with Crippen molar-refractivity contribution in [2.24, 2.45) is 5.92 Å². The lowest BCUT2D eigenvalue weighted by Gasteiger charge is -2.35. The van der Waals surface area contributed by atoms with E-state index in [2.05, 4.69) is 16.0 Å². The summed E-state index contributed by atoms with van der Waals surface area (Å²) in [6, 6.07) is 8.15. The molecule has 0 bridgehead atoms. The molecule has 1 aromatic rings. The molecule has 1 heterocycles. The van der Waals surface area contributed by atoms with Crippen LogP contribution in [0.5, 0.6) is 0 Å². The number of nitrogens with one attached hydrogen (secondary N) is 3. The molecule has 8 nitrogen and oxygen atoms in total. The van der Waals surface area contributed by atoms with Gasteiger partial charge >= 0.3 is 6.03 Å². The maximum absolute atomic E-state index is 12.8. The number of rotatable bonds is 9. The van der Waals surface area contributed by atoms with Crippen LogP contribution in [-0.4, -0.2) is 68.7 Å². The summed E-state index contributed by atoms with van der Waals surface area (Å²) >= 11 is 0. The van der Waals surface area contributed by atoms with Gasteiger partial charge in [0.25, 0.3) is 5.91 Å². The number of ether oxygens (including phenoxy) is 1. The minimum Gasteiger partial charge on any atom is -0.385 e. The summed E-state index contributed by atoms with van der Waals surface area (Å²) in [5.41, 5.74) is 0.518. The highest BCUT2D eigenvalue weighted by atomic mass is 16.5. The van der Waals surface area contributed by atoms with E-state index >= 15 is 0 Å². The van der Waals surface area contributed by atoms with E-state index < -0.39 is 6.04 Å². The first kappa shape index (κ1) is 22.7. The van der Waals surface area contributed by atoms with Gasteiger partial charge in [-0.05, 0) is 44.2 Å². The van der Waals surface area contributed by atoms with Gasteiger partial charge in [0.15, 0.2) is 0 Å². The lowest BCUT2D eigenvalue weighted by molar-refractivity contribution is -0.124. The molecular formula is C21H32N4O4. The van der Waals surface area contributed by atoms with Crippen LogP contribution in [0.25, 0.3) is 0 Å². The highest BCUT2D eigenvalue weighted by molar-refractivity contribution is 5.97. The topological polar surface area (TPSA) is 99.8 Å². The van der Waals surface area contributed by atoms with Crippen LogP contribution in [0.2, 0.25) is 0 Å². The zero-order valence-corrected chi connectivity index (χ0v) is 17.3. The van der Waals surface area contributed by atoms with Crippen LogP contribution in [0, 0.1) is 5.92 Å². The fraction of sp³-hybridized carbons (Fsp3) is 0.571. The van der Waals surface area contributed by atoms with Gasteiger partial charge in [-0.25, -0.2) is 4.79 Å². The van der Waals surface area contributed by atoms with E-state index in [9.17, 15) is 14.4 Å². The van der Waals surface area contributed by atoms with Crippen molar-refractivity contribution < 1.29 is 19.1 Å². The molecule has 8 heteroatoms. The second-order valence-electron chi connectivity index (χ2n) is 7.11. The van der Waals surface area contributed by atoms with Crippen LogP contribution >= 0.6 is 0 Å². The van der Waals surface area contributed by atoms with Gasteiger partial charge in [-0.1, -0.05) is 18.2 Å². The molecule has 4 amide bonds. The van der Waals surface area contributed by atoms with Gasteiger partial charge in [-0.2, -0.15) is 0 Å². The Morgan fingerprint density at radius 2 is 1.83 bits per heavy atom. The molecule has 1 aliphatic rings. The van der Waals surface area contributed by atoms with E-state index in [0.717, 1.165) is 0 Å². The first-order valence-corrected chi connectivity index (χ1v) is 10.2. The Morgan fingerprint density at radius 3 is 2.45 bits per heavy atom. The predicted octanol–water partition coefficient (Wildman–Crippen LogP) is 1.38. The fourth-order valence-corrected chi connectivity index (χ4v) is 3.45. The standard InChI is InChI=1S/C21H32N4O4/c1-3-22-21(28)25-13-10-16(11-14-25)18(20(27)23-12-7-15-29-2)24-19(26)17-8-5-4-6-9-17/h4-6,8-9,16,18H,3,7,10-15H2,1-2H3,(H,22,28)(H,23,27)(H,24,26). The van der Waals surface area contributed by atoms with Crippen molar-refractivity contribution in [3.8, 4) is 0 Å². The van der Waals surface area contributed by atoms with Crippen LogP contribution in [0.4, 0.5) is 4.79 Å². The number of carbonyl (C=O) groups is 3. The van der Waals surface area contributed by atoms with E-state index in [4.69, 9.17) is 4.74 Å². The number of urea groups is 1. The molecule has 0 aromatic heterocycles. The Hall–Kier alpha value is -2.61. The SMILES string of the molecule is CCNC(=O)N1CCC(C(NC(=O)c2ccccc2)C(=O)NCCCOC)CC1. The molecule has 160 valence electrons. The molecule has 1 fully saturated rings. The van der Waals surface area contributed by atoms with Gasteiger partial charge in [-0.15, -0.1) is 0 Å². The maximum Gasteiger partial charge on any atom is 0.317 e. The summed E-state index contributed by atoms with van der Waals surface area (Å²) in [5.74, 6) is -0.494. The number of carbonyl (C=O) groups excluding carboxylic acids is 3. The summed E-state index contributed by atoms with van der Waals surface area (Å²) < 4.78 is 5.01. The van der Waals surface area contributed by atoms with Crippen molar-refractivity contribution in [3.05, 3.63) is 35.9 Å². The Labute approximate surface area is 172 Å². The van der Waals surface area contributed by atoms with Gasteiger partial charge in [-0.3, -0.25) is 9.59 Å². The van der Waals surface area contributed by atoms with Crippen LogP contribution < -0.4 is 16.0 Å². The van der Waals surface area contributed by atoms with E-state index in [1.165, 1.54) is 0 Å². The molecular weight excluding hydrogens is 372 g/mol. The summed E-state index contributed by atoms with van der Waals surface area (Å²) in [6.07, 6.45) is 2.02. The molecule has 1 atom stereocenters. The third-order valence-corrected chi connectivity index (χ3v) is 5.06. The molecule has 1 aromatic carbocycles. The Kier molecular flexibility index (Phi) is 9.43.